The van der Waals surface area contributed by atoms with Gasteiger partial charge in [-0.1, -0.05) is 17.7 Å². The van der Waals surface area contributed by atoms with E-state index in [9.17, 15) is 8.42 Å². The summed E-state index contributed by atoms with van der Waals surface area (Å²) in [7, 11) is -1.67. The fourth-order valence-electron chi connectivity index (χ4n) is 1.03. The summed E-state index contributed by atoms with van der Waals surface area (Å²) in [6.45, 7) is 1.61. The van der Waals surface area contributed by atoms with E-state index in [2.05, 4.69) is 0 Å². The minimum absolute atomic E-state index is 0. The molecule has 6 heteroatoms. The Labute approximate surface area is 102 Å². The maximum Gasteiger partial charge on any atom is 0.234 e. The number of hydrogen-bond acceptors (Lipinski definition) is 2. The zero-order valence-corrected chi connectivity index (χ0v) is 10.9. The molecule has 0 saturated heterocycles. The fourth-order valence-corrected chi connectivity index (χ4v) is 2.03. The zero-order chi connectivity index (χ0) is 10.8. The molecule has 0 spiro atoms. The van der Waals surface area contributed by atoms with Crippen LogP contribution in [-0.2, 0) is 10.0 Å². The van der Waals surface area contributed by atoms with Crippen molar-refractivity contribution in [3.63, 3.8) is 0 Å². The molecular weight excluding hydrogens is 257 g/mol. The molecule has 0 unspecified atom stereocenters. The highest BCUT2D eigenvalue weighted by molar-refractivity contribution is 7.92. The van der Waals surface area contributed by atoms with E-state index in [-0.39, 0.29) is 18.2 Å². The van der Waals surface area contributed by atoms with Crippen molar-refractivity contribution in [1.82, 2.24) is 0 Å². The number of rotatable bonds is 3. The Hall–Kier alpha value is -0.450. The second kappa shape index (κ2) is 5.58. The molecule has 0 aliphatic carbocycles. The summed E-state index contributed by atoms with van der Waals surface area (Å²) in [5.41, 5.74) is 0.583. The van der Waals surface area contributed by atoms with Crippen molar-refractivity contribution in [3.8, 4) is 0 Å². The Kier molecular flexibility index (Phi) is 5.42. The standard InChI is InChI=1S/C9H12ClNO2S.ClH/c1-3-14(12,13)11(2)9-6-4-5-8(10)7-9;/h4-7H,3H2,1-2H3;1H. The molecule has 0 aliphatic rings. The molecule has 1 rings (SSSR count). The predicted molar refractivity (Wildman–Crippen MR) is 66.6 cm³/mol. The Morgan fingerprint density at radius 1 is 1.40 bits per heavy atom. The van der Waals surface area contributed by atoms with Crippen molar-refractivity contribution >= 4 is 39.7 Å². The van der Waals surface area contributed by atoms with Crippen LogP contribution in [0.2, 0.25) is 5.02 Å². The Morgan fingerprint density at radius 3 is 2.47 bits per heavy atom. The molecule has 0 fully saturated rings. The van der Waals surface area contributed by atoms with Crippen molar-refractivity contribution in [2.45, 2.75) is 6.92 Å². The van der Waals surface area contributed by atoms with Gasteiger partial charge in [-0.05, 0) is 25.1 Å². The van der Waals surface area contributed by atoms with Gasteiger partial charge in [0, 0.05) is 12.1 Å². The lowest BCUT2D eigenvalue weighted by Crippen LogP contribution is -2.27. The second-order valence-corrected chi connectivity index (χ2v) is 5.57. The van der Waals surface area contributed by atoms with Crippen LogP contribution in [0.5, 0.6) is 0 Å². The van der Waals surface area contributed by atoms with Gasteiger partial charge >= 0.3 is 0 Å². The molecule has 0 heterocycles. The Morgan fingerprint density at radius 2 is 2.00 bits per heavy atom. The van der Waals surface area contributed by atoms with Gasteiger partial charge in [0.25, 0.3) is 0 Å². The first kappa shape index (κ1) is 14.6. The molecule has 0 radical (unpaired) electrons. The summed E-state index contributed by atoms with van der Waals surface area (Å²) >= 11 is 5.76. The third-order valence-electron chi connectivity index (χ3n) is 1.95. The third-order valence-corrected chi connectivity index (χ3v) is 3.96. The molecule has 3 nitrogen and oxygen atoms in total. The molecule has 0 bridgehead atoms. The summed E-state index contributed by atoms with van der Waals surface area (Å²) in [5.74, 6) is 0.0794. The average molecular weight is 270 g/mol. The summed E-state index contributed by atoms with van der Waals surface area (Å²) in [6.07, 6.45) is 0. The van der Waals surface area contributed by atoms with Crippen molar-refractivity contribution in [2.24, 2.45) is 0 Å². The second-order valence-electron chi connectivity index (χ2n) is 2.85. The molecular formula is C9H13Cl2NO2S. The van der Waals surface area contributed by atoms with Gasteiger partial charge in [0.15, 0.2) is 0 Å². The van der Waals surface area contributed by atoms with E-state index in [1.165, 1.54) is 11.4 Å². The van der Waals surface area contributed by atoms with Crippen LogP contribution in [0.4, 0.5) is 5.69 Å². The molecule has 0 saturated carbocycles. The Bertz CT molecular complexity index is 420. The van der Waals surface area contributed by atoms with Gasteiger partial charge in [0.05, 0.1) is 11.4 Å². The fraction of sp³-hybridized carbons (Fsp3) is 0.333. The highest BCUT2D eigenvalue weighted by atomic mass is 35.5. The molecule has 0 aliphatic heterocycles. The van der Waals surface area contributed by atoms with Crippen LogP contribution in [0.1, 0.15) is 6.92 Å². The molecule has 0 amide bonds. The summed E-state index contributed by atoms with van der Waals surface area (Å²) in [5, 5.41) is 0.528. The van der Waals surface area contributed by atoms with Gasteiger partial charge in [0.2, 0.25) is 10.0 Å². The van der Waals surface area contributed by atoms with E-state index in [1.54, 1.807) is 31.2 Å². The lowest BCUT2D eigenvalue weighted by molar-refractivity contribution is 0.595. The van der Waals surface area contributed by atoms with E-state index >= 15 is 0 Å². The van der Waals surface area contributed by atoms with Crippen LogP contribution in [0.3, 0.4) is 0 Å². The first-order valence-corrected chi connectivity index (χ1v) is 6.18. The summed E-state index contributed by atoms with van der Waals surface area (Å²) in [6, 6.07) is 6.75. The van der Waals surface area contributed by atoms with Crippen LogP contribution in [0.25, 0.3) is 0 Å². The zero-order valence-electron chi connectivity index (χ0n) is 8.47. The number of anilines is 1. The largest absolute Gasteiger partial charge is 0.273 e. The molecule has 15 heavy (non-hydrogen) atoms. The average Bonchev–Trinajstić information content (AvgIpc) is 2.16. The maximum absolute atomic E-state index is 11.5. The van der Waals surface area contributed by atoms with Crippen LogP contribution < -0.4 is 4.31 Å². The summed E-state index contributed by atoms with van der Waals surface area (Å²) in [4.78, 5) is 0. The highest BCUT2D eigenvalue weighted by Crippen LogP contribution is 2.20. The van der Waals surface area contributed by atoms with Gasteiger partial charge < -0.3 is 0 Å². The van der Waals surface area contributed by atoms with Crippen LogP contribution in [0, 0.1) is 0 Å². The van der Waals surface area contributed by atoms with E-state index in [4.69, 9.17) is 11.6 Å². The van der Waals surface area contributed by atoms with Gasteiger partial charge in [-0.3, -0.25) is 4.31 Å². The third kappa shape index (κ3) is 3.55. The van der Waals surface area contributed by atoms with Crippen molar-refractivity contribution in [1.29, 1.82) is 0 Å². The molecule has 1 aromatic carbocycles. The molecule has 0 aromatic heterocycles. The van der Waals surface area contributed by atoms with Gasteiger partial charge in [-0.15, -0.1) is 12.4 Å². The molecule has 86 valence electrons. The maximum atomic E-state index is 11.5. The first-order valence-electron chi connectivity index (χ1n) is 4.19. The SMILES string of the molecule is CCS(=O)(=O)N(C)c1cccc(Cl)c1.Cl. The van der Waals surface area contributed by atoms with Gasteiger partial charge in [-0.2, -0.15) is 0 Å². The van der Waals surface area contributed by atoms with E-state index in [0.29, 0.717) is 10.7 Å². The van der Waals surface area contributed by atoms with Crippen molar-refractivity contribution in [2.75, 3.05) is 17.1 Å². The number of nitrogens with zero attached hydrogens (tertiary/aromatic N) is 1. The van der Waals surface area contributed by atoms with Crippen LogP contribution in [-0.4, -0.2) is 21.2 Å². The summed E-state index contributed by atoms with van der Waals surface area (Å²) < 4.78 is 24.2. The van der Waals surface area contributed by atoms with E-state index < -0.39 is 10.0 Å². The van der Waals surface area contributed by atoms with Crippen molar-refractivity contribution < 1.29 is 8.42 Å². The minimum atomic E-state index is -3.19. The normalized spacial score (nSPS) is 10.6. The molecule has 1 aromatic rings. The number of sulfonamides is 1. The number of hydrogen-bond donors (Lipinski definition) is 0. The number of halogens is 2. The van der Waals surface area contributed by atoms with E-state index in [1.807, 2.05) is 0 Å². The smallest absolute Gasteiger partial charge is 0.234 e. The Balaban J connectivity index is 0.00000196. The monoisotopic (exact) mass is 269 g/mol. The van der Waals surface area contributed by atoms with Crippen molar-refractivity contribution in [3.05, 3.63) is 29.3 Å². The van der Waals surface area contributed by atoms with Gasteiger partial charge in [0.1, 0.15) is 0 Å². The lowest BCUT2D eigenvalue weighted by atomic mass is 10.3. The highest BCUT2D eigenvalue weighted by Gasteiger charge is 2.15. The molecule has 0 atom stereocenters. The lowest BCUT2D eigenvalue weighted by Gasteiger charge is -2.18. The van der Waals surface area contributed by atoms with Crippen LogP contribution in [0.15, 0.2) is 24.3 Å². The quantitative estimate of drug-likeness (QED) is 0.846. The topological polar surface area (TPSA) is 37.4 Å². The van der Waals surface area contributed by atoms with Gasteiger partial charge in [-0.25, -0.2) is 8.42 Å². The van der Waals surface area contributed by atoms with E-state index in [0.717, 1.165) is 0 Å². The first-order chi connectivity index (χ1) is 6.47. The predicted octanol–water partition coefficient (Wildman–Crippen LogP) is 2.55. The number of benzene rings is 1. The van der Waals surface area contributed by atoms with Crippen LogP contribution >= 0.6 is 24.0 Å². The minimum Gasteiger partial charge on any atom is -0.273 e. The molecule has 0 N–H and O–H groups in total.